The lowest BCUT2D eigenvalue weighted by molar-refractivity contribution is -0.121. The van der Waals surface area contributed by atoms with Crippen molar-refractivity contribution in [3.05, 3.63) is 83.0 Å². The van der Waals surface area contributed by atoms with Crippen LogP contribution in [0.4, 0.5) is 5.69 Å². The fraction of sp³-hybridized carbons (Fsp3) is 0.208. The minimum Gasteiger partial charge on any atom is -0.356 e. The topological polar surface area (TPSA) is 62.3 Å². The van der Waals surface area contributed by atoms with Crippen LogP contribution in [0.15, 0.2) is 76.8 Å². The van der Waals surface area contributed by atoms with E-state index in [0.29, 0.717) is 36.5 Å². The Balaban J connectivity index is 1.34. The van der Waals surface area contributed by atoms with Gasteiger partial charge in [-0.25, -0.2) is 4.98 Å². The summed E-state index contributed by atoms with van der Waals surface area (Å²) in [5, 5.41) is 4.45. The van der Waals surface area contributed by atoms with Crippen molar-refractivity contribution in [1.29, 1.82) is 0 Å². The van der Waals surface area contributed by atoms with E-state index in [1.54, 1.807) is 11.1 Å². The molecule has 2 amide bonds. The maximum absolute atomic E-state index is 13.2. The first-order valence-electron chi connectivity index (χ1n) is 10.2. The summed E-state index contributed by atoms with van der Waals surface area (Å²) in [6, 6.07) is 18.9. The molecule has 5 nitrogen and oxygen atoms in total. The number of nitrogens with zero attached hydrogens (tertiary/aromatic N) is 2. The van der Waals surface area contributed by atoms with E-state index in [2.05, 4.69) is 10.3 Å². The molecule has 31 heavy (non-hydrogen) atoms. The van der Waals surface area contributed by atoms with E-state index in [0.717, 1.165) is 27.6 Å². The number of anilines is 1. The molecule has 0 radical (unpaired) electrons. The number of carbonyl (C=O) groups is 2. The molecule has 1 aromatic heterocycles. The van der Waals surface area contributed by atoms with Gasteiger partial charge in [-0.05, 0) is 54.8 Å². The molecular weight excluding hydrogens is 430 g/mol. The lowest BCUT2D eigenvalue weighted by Crippen LogP contribution is -2.33. The van der Waals surface area contributed by atoms with E-state index in [1.165, 1.54) is 11.8 Å². The fourth-order valence-corrected chi connectivity index (χ4v) is 4.61. The van der Waals surface area contributed by atoms with Crippen molar-refractivity contribution in [3.8, 4) is 0 Å². The van der Waals surface area contributed by atoms with Crippen molar-refractivity contribution in [1.82, 2.24) is 10.3 Å². The van der Waals surface area contributed by atoms with Gasteiger partial charge < -0.3 is 10.2 Å². The number of aromatic nitrogens is 1. The summed E-state index contributed by atoms with van der Waals surface area (Å²) < 4.78 is 0. The van der Waals surface area contributed by atoms with Crippen LogP contribution in [0.2, 0.25) is 5.02 Å². The highest BCUT2D eigenvalue weighted by molar-refractivity contribution is 7.99. The number of carbonyl (C=O) groups excluding carboxylic acids is 2. The van der Waals surface area contributed by atoms with Gasteiger partial charge in [0.05, 0.1) is 11.3 Å². The van der Waals surface area contributed by atoms with Crippen molar-refractivity contribution in [2.75, 3.05) is 18.0 Å². The highest BCUT2D eigenvalue weighted by Crippen LogP contribution is 2.39. The van der Waals surface area contributed by atoms with Gasteiger partial charge in [0, 0.05) is 35.6 Å². The van der Waals surface area contributed by atoms with Gasteiger partial charge in [-0.15, -0.1) is 0 Å². The Morgan fingerprint density at radius 1 is 1.06 bits per heavy atom. The first kappa shape index (κ1) is 21.4. The van der Waals surface area contributed by atoms with Crippen molar-refractivity contribution >= 4 is 40.9 Å². The molecule has 0 unspecified atom stereocenters. The molecule has 0 spiro atoms. The van der Waals surface area contributed by atoms with Gasteiger partial charge >= 0.3 is 0 Å². The number of amides is 2. The monoisotopic (exact) mass is 451 g/mol. The smallest absolute Gasteiger partial charge is 0.259 e. The highest BCUT2D eigenvalue weighted by atomic mass is 35.5. The normalized spacial score (nSPS) is 12.7. The molecule has 0 saturated carbocycles. The van der Waals surface area contributed by atoms with Crippen LogP contribution < -0.4 is 10.2 Å². The first-order chi connectivity index (χ1) is 15.1. The summed E-state index contributed by atoms with van der Waals surface area (Å²) in [5.41, 5.74) is 2.58. The molecule has 2 heterocycles. The van der Waals surface area contributed by atoms with Gasteiger partial charge in [-0.1, -0.05) is 47.6 Å². The van der Waals surface area contributed by atoms with Gasteiger partial charge in [0.2, 0.25) is 5.91 Å². The number of halogens is 1. The van der Waals surface area contributed by atoms with E-state index in [1.807, 2.05) is 60.7 Å². The van der Waals surface area contributed by atoms with Gasteiger partial charge in [0.1, 0.15) is 5.03 Å². The van der Waals surface area contributed by atoms with E-state index < -0.39 is 0 Å². The third-order valence-electron chi connectivity index (χ3n) is 5.05. The fourth-order valence-electron chi connectivity index (χ4n) is 3.46. The number of hydrogen-bond donors (Lipinski definition) is 1. The Labute approximate surface area is 190 Å². The molecule has 0 saturated heterocycles. The Hall–Kier alpha value is -2.83. The van der Waals surface area contributed by atoms with Gasteiger partial charge in [0.15, 0.2) is 0 Å². The molecule has 0 atom stereocenters. The predicted molar refractivity (Wildman–Crippen MR) is 124 cm³/mol. The van der Waals surface area contributed by atoms with Crippen LogP contribution >= 0.6 is 23.4 Å². The summed E-state index contributed by atoms with van der Waals surface area (Å²) in [4.78, 5) is 32.6. The number of hydrogen-bond acceptors (Lipinski definition) is 4. The van der Waals surface area contributed by atoms with E-state index in [9.17, 15) is 9.59 Å². The third kappa shape index (κ3) is 5.27. The quantitative estimate of drug-likeness (QED) is 0.550. The zero-order chi connectivity index (χ0) is 21.6. The lowest BCUT2D eigenvalue weighted by atomic mass is 10.1. The number of pyridine rings is 1. The van der Waals surface area contributed by atoms with Gasteiger partial charge in [-0.3, -0.25) is 9.59 Å². The molecule has 7 heteroatoms. The lowest BCUT2D eigenvalue weighted by Gasteiger charge is -2.22. The molecule has 3 aromatic rings. The van der Waals surface area contributed by atoms with E-state index in [-0.39, 0.29) is 11.8 Å². The molecule has 1 aliphatic rings. The average molecular weight is 452 g/mol. The number of nitrogens with one attached hydrogen (secondary N) is 1. The van der Waals surface area contributed by atoms with Crippen LogP contribution in [-0.2, 0) is 11.2 Å². The van der Waals surface area contributed by atoms with Crippen molar-refractivity contribution in [2.45, 2.75) is 29.2 Å². The van der Waals surface area contributed by atoms with Gasteiger partial charge in [0.25, 0.3) is 5.91 Å². The van der Waals surface area contributed by atoms with Crippen LogP contribution in [-0.4, -0.2) is 29.9 Å². The zero-order valence-electron chi connectivity index (χ0n) is 16.9. The third-order valence-corrected chi connectivity index (χ3v) is 6.38. The summed E-state index contributed by atoms with van der Waals surface area (Å²) >= 11 is 7.39. The van der Waals surface area contributed by atoms with Crippen LogP contribution in [0.25, 0.3) is 0 Å². The molecule has 0 bridgehead atoms. The van der Waals surface area contributed by atoms with Crippen molar-refractivity contribution in [3.63, 3.8) is 0 Å². The Morgan fingerprint density at radius 2 is 1.87 bits per heavy atom. The molecular formula is C24H22ClN3O2S. The maximum atomic E-state index is 13.2. The predicted octanol–water partition coefficient (Wildman–Crippen LogP) is 4.99. The van der Waals surface area contributed by atoms with Crippen LogP contribution in [0.1, 0.15) is 28.8 Å². The second kappa shape index (κ2) is 9.98. The standard InChI is InChI=1S/C24H22ClN3O2S/c25-18-11-9-17(10-12-18)13-15-26-22(29)8-4-16-28-20-6-3-14-27-23(20)31-21-7-2-1-5-19(21)24(28)30/h1-3,5-7,9-12,14H,4,8,13,15-16H2,(H,26,29). The van der Waals surface area contributed by atoms with E-state index in [4.69, 9.17) is 11.6 Å². The highest BCUT2D eigenvalue weighted by Gasteiger charge is 2.27. The Morgan fingerprint density at radius 3 is 2.71 bits per heavy atom. The Kier molecular flexibility index (Phi) is 6.89. The minimum absolute atomic E-state index is 0.0163. The summed E-state index contributed by atoms with van der Waals surface area (Å²) in [6.07, 6.45) is 3.41. The van der Waals surface area contributed by atoms with Crippen molar-refractivity contribution in [2.24, 2.45) is 0 Å². The largest absolute Gasteiger partial charge is 0.356 e. The SMILES string of the molecule is O=C(CCCN1C(=O)c2ccccc2Sc2ncccc21)NCCc1ccc(Cl)cc1. The van der Waals surface area contributed by atoms with Crippen molar-refractivity contribution < 1.29 is 9.59 Å². The maximum Gasteiger partial charge on any atom is 0.259 e. The Bertz CT molecular complexity index is 1090. The number of fused-ring (bicyclic) bond motifs is 2. The first-order valence-corrected chi connectivity index (χ1v) is 11.4. The van der Waals surface area contributed by atoms with Gasteiger partial charge in [-0.2, -0.15) is 0 Å². The molecule has 2 aromatic carbocycles. The summed E-state index contributed by atoms with van der Waals surface area (Å²) in [7, 11) is 0. The molecule has 1 aliphatic heterocycles. The van der Waals surface area contributed by atoms with Crippen LogP contribution in [0.5, 0.6) is 0 Å². The number of rotatable bonds is 7. The molecule has 0 fully saturated rings. The molecule has 0 aliphatic carbocycles. The molecule has 158 valence electrons. The molecule has 4 rings (SSSR count). The number of benzene rings is 2. The molecule has 1 N–H and O–H groups in total. The van der Waals surface area contributed by atoms with Crippen LogP contribution in [0, 0.1) is 0 Å². The summed E-state index contributed by atoms with van der Waals surface area (Å²) in [5.74, 6) is -0.0737. The van der Waals surface area contributed by atoms with E-state index >= 15 is 0 Å². The second-order valence-electron chi connectivity index (χ2n) is 7.21. The van der Waals surface area contributed by atoms with Crippen LogP contribution in [0.3, 0.4) is 0 Å². The summed E-state index contributed by atoms with van der Waals surface area (Å²) in [6.45, 7) is 1.02. The minimum atomic E-state index is -0.0574. The zero-order valence-corrected chi connectivity index (χ0v) is 18.5. The second-order valence-corrected chi connectivity index (χ2v) is 8.68. The average Bonchev–Trinajstić information content (AvgIpc) is 2.90.